The minimum absolute atomic E-state index is 0.0406. The summed E-state index contributed by atoms with van der Waals surface area (Å²) < 4.78 is 25.7. The van der Waals surface area contributed by atoms with Crippen molar-refractivity contribution in [2.24, 2.45) is 0 Å². The Morgan fingerprint density at radius 3 is 2.64 bits per heavy atom. The van der Waals surface area contributed by atoms with E-state index in [4.69, 9.17) is 11.6 Å². The van der Waals surface area contributed by atoms with Crippen LogP contribution in [0.4, 0.5) is 0 Å². The monoisotopic (exact) mass is 378 g/mol. The molecule has 0 aromatic heterocycles. The molecule has 3 rings (SSSR count). The Hall–Kier alpha value is -1.89. The summed E-state index contributed by atoms with van der Waals surface area (Å²) in [5, 5.41) is 3.19. The van der Waals surface area contributed by atoms with Gasteiger partial charge in [0.2, 0.25) is 10.0 Å². The van der Waals surface area contributed by atoms with Gasteiger partial charge in [0, 0.05) is 14.1 Å². The molecule has 0 radical (unpaired) electrons. The third-order valence-corrected chi connectivity index (χ3v) is 6.54. The van der Waals surface area contributed by atoms with E-state index >= 15 is 0 Å². The number of nitrogens with zero attached hydrogens (tertiary/aromatic N) is 1. The fraction of sp³-hybridized carbons (Fsp3) is 0.278. The Balaban J connectivity index is 1.88. The summed E-state index contributed by atoms with van der Waals surface area (Å²) in [6.45, 7) is 0. The van der Waals surface area contributed by atoms with Crippen molar-refractivity contribution in [3.05, 3.63) is 64.2 Å². The van der Waals surface area contributed by atoms with Gasteiger partial charge in [-0.3, -0.25) is 4.79 Å². The van der Waals surface area contributed by atoms with E-state index in [0.29, 0.717) is 0 Å². The number of amides is 1. The molecule has 0 heterocycles. The first-order valence-corrected chi connectivity index (χ1v) is 9.73. The third kappa shape index (κ3) is 3.42. The van der Waals surface area contributed by atoms with Crippen LogP contribution in [-0.2, 0) is 16.4 Å². The first-order valence-electron chi connectivity index (χ1n) is 7.91. The van der Waals surface area contributed by atoms with Crippen LogP contribution in [0.25, 0.3) is 0 Å². The fourth-order valence-electron chi connectivity index (χ4n) is 2.99. The van der Waals surface area contributed by atoms with Gasteiger partial charge in [-0.1, -0.05) is 35.9 Å². The van der Waals surface area contributed by atoms with Crippen molar-refractivity contribution in [1.29, 1.82) is 0 Å². The Bertz CT molecular complexity index is 926. The van der Waals surface area contributed by atoms with Crippen LogP contribution < -0.4 is 5.32 Å². The van der Waals surface area contributed by atoms with Crippen LogP contribution in [0.2, 0.25) is 5.02 Å². The number of benzene rings is 2. The molecule has 2 aromatic carbocycles. The Kier molecular flexibility index (Phi) is 4.86. The van der Waals surface area contributed by atoms with Crippen molar-refractivity contribution >= 4 is 27.5 Å². The highest BCUT2D eigenvalue weighted by molar-refractivity contribution is 7.89. The van der Waals surface area contributed by atoms with Crippen molar-refractivity contribution in [2.45, 2.75) is 23.8 Å². The molecule has 5 nitrogen and oxygen atoms in total. The number of fused-ring (bicyclic) bond motifs is 1. The van der Waals surface area contributed by atoms with E-state index in [1.54, 1.807) is 0 Å². The molecule has 1 amide bonds. The van der Waals surface area contributed by atoms with Crippen LogP contribution in [0.5, 0.6) is 0 Å². The fourth-order valence-corrected chi connectivity index (χ4v) is 4.12. The number of carbonyl (C=O) groups excluding carboxylic acids is 1. The van der Waals surface area contributed by atoms with Crippen LogP contribution in [-0.4, -0.2) is 32.7 Å². The summed E-state index contributed by atoms with van der Waals surface area (Å²) in [6, 6.07) is 12.1. The Morgan fingerprint density at radius 1 is 1.20 bits per heavy atom. The summed E-state index contributed by atoms with van der Waals surface area (Å²) in [6.07, 6.45) is 1.72. The van der Waals surface area contributed by atoms with Crippen molar-refractivity contribution < 1.29 is 13.2 Å². The van der Waals surface area contributed by atoms with Gasteiger partial charge in [0.15, 0.2) is 0 Å². The molecule has 25 heavy (non-hydrogen) atoms. The molecule has 1 aliphatic carbocycles. The highest BCUT2D eigenvalue weighted by Crippen LogP contribution is 2.31. The standard InChI is InChI=1S/C18H19ClN2O3S/c1-21(2)25(23,24)13-8-9-16(19)15(11-13)18(22)20-17-10-7-12-5-3-4-6-14(12)17/h3-6,8-9,11,17H,7,10H2,1-2H3,(H,20,22)/t17-/m0/s1. The number of hydrogen-bond acceptors (Lipinski definition) is 3. The second-order valence-electron chi connectivity index (χ2n) is 6.19. The highest BCUT2D eigenvalue weighted by atomic mass is 35.5. The molecule has 0 fully saturated rings. The number of halogens is 1. The normalized spacial score (nSPS) is 16.7. The largest absolute Gasteiger partial charge is 0.345 e. The number of rotatable bonds is 4. The van der Waals surface area contributed by atoms with Gasteiger partial charge < -0.3 is 5.32 Å². The minimum atomic E-state index is -3.63. The summed E-state index contributed by atoms with van der Waals surface area (Å²) >= 11 is 6.14. The number of carbonyl (C=O) groups is 1. The lowest BCUT2D eigenvalue weighted by atomic mass is 10.1. The SMILES string of the molecule is CN(C)S(=O)(=O)c1ccc(Cl)c(C(=O)N[C@H]2CCc3ccccc32)c1. The number of hydrogen-bond donors (Lipinski definition) is 1. The third-order valence-electron chi connectivity index (χ3n) is 4.40. The molecular weight excluding hydrogens is 360 g/mol. The Morgan fingerprint density at radius 2 is 1.92 bits per heavy atom. The maximum absolute atomic E-state index is 12.7. The predicted molar refractivity (Wildman–Crippen MR) is 97.3 cm³/mol. The van der Waals surface area contributed by atoms with Crippen LogP contribution in [0.1, 0.15) is 33.9 Å². The molecular formula is C18H19ClN2O3S. The van der Waals surface area contributed by atoms with Crippen molar-refractivity contribution in [2.75, 3.05) is 14.1 Å². The average molecular weight is 379 g/mol. The van der Waals surface area contributed by atoms with Gasteiger partial charge in [-0.25, -0.2) is 12.7 Å². The van der Waals surface area contributed by atoms with Gasteiger partial charge in [-0.2, -0.15) is 0 Å². The molecule has 0 saturated heterocycles. The van der Waals surface area contributed by atoms with Gasteiger partial charge in [-0.15, -0.1) is 0 Å². The molecule has 0 bridgehead atoms. The molecule has 1 aliphatic rings. The van der Waals surface area contributed by atoms with Crippen molar-refractivity contribution in [1.82, 2.24) is 9.62 Å². The minimum Gasteiger partial charge on any atom is -0.345 e. The number of sulfonamides is 1. The molecule has 0 saturated carbocycles. The molecule has 1 atom stereocenters. The van der Waals surface area contributed by atoms with Crippen molar-refractivity contribution in [3.8, 4) is 0 Å². The molecule has 0 unspecified atom stereocenters. The zero-order chi connectivity index (χ0) is 18.2. The lowest BCUT2D eigenvalue weighted by Gasteiger charge is -2.16. The van der Waals surface area contributed by atoms with E-state index in [9.17, 15) is 13.2 Å². The average Bonchev–Trinajstić information content (AvgIpc) is 2.98. The van der Waals surface area contributed by atoms with E-state index in [1.165, 1.54) is 37.9 Å². The summed E-state index contributed by atoms with van der Waals surface area (Å²) in [5.41, 5.74) is 2.49. The van der Waals surface area contributed by atoms with Gasteiger partial charge in [0.1, 0.15) is 0 Å². The smallest absolute Gasteiger partial charge is 0.253 e. The number of aryl methyl sites for hydroxylation is 1. The van der Waals surface area contributed by atoms with Gasteiger partial charge in [0.05, 0.1) is 21.5 Å². The molecule has 0 aliphatic heterocycles. The van der Waals surface area contributed by atoms with E-state index in [2.05, 4.69) is 11.4 Å². The van der Waals surface area contributed by atoms with Crippen LogP contribution >= 0.6 is 11.6 Å². The van der Waals surface area contributed by atoms with E-state index in [-0.39, 0.29) is 27.4 Å². The van der Waals surface area contributed by atoms with E-state index < -0.39 is 10.0 Å². The Labute approximate surface area is 152 Å². The van der Waals surface area contributed by atoms with Crippen LogP contribution in [0.15, 0.2) is 47.4 Å². The lowest BCUT2D eigenvalue weighted by Crippen LogP contribution is -2.28. The first-order chi connectivity index (χ1) is 11.8. The van der Waals surface area contributed by atoms with Crippen molar-refractivity contribution in [3.63, 3.8) is 0 Å². The number of nitrogens with one attached hydrogen (secondary N) is 1. The molecule has 1 N–H and O–H groups in total. The maximum atomic E-state index is 12.7. The maximum Gasteiger partial charge on any atom is 0.253 e. The van der Waals surface area contributed by atoms with Crippen LogP contribution in [0, 0.1) is 0 Å². The molecule has 132 valence electrons. The van der Waals surface area contributed by atoms with Gasteiger partial charge in [-0.05, 0) is 42.2 Å². The zero-order valence-electron chi connectivity index (χ0n) is 14.0. The van der Waals surface area contributed by atoms with Gasteiger partial charge >= 0.3 is 0 Å². The quantitative estimate of drug-likeness (QED) is 0.889. The summed E-state index contributed by atoms with van der Waals surface area (Å²) in [7, 11) is -0.744. The molecule has 2 aromatic rings. The van der Waals surface area contributed by atoms with E-state index in [0.717, 1.165) is 22.7 Å². The predicted octanol–water partition coefficient (Wildman–Crippen LogP) is 3.01. The lowest BCUT2D eigenvalue weighted by molar-refractivity contribution is 0.0936. The second kappa shape index (κ2) is 6.78. The molecule has 7 heteroatoms. The van der Waals surface area contributed by atoms with E-state index in [1.807, 2.05) is 18.2 Å². The summed E-state index contributed by atoms with van der Waals surface area (Å²) in [5.74, 6) is -0.373. The second-order valence-corrected chi connectivity index (χ2v) is 8.75. The first kappa shape index (κ1) is 17.9. The van der Waals surface area contributed by atoms with Crippen LogP contribution in [0.3, 0.4) is 0 Å². The highest BCUT2D eigenvalue weighted by Gasteiger charge is 2.26. The van der Waals surface area contributed by atoms with Gasteiger partial charge in [0.25, 0.3) is 5.91 Å². The topological polar surface area (TPSA) is 66.5 Å². The summed E-state index contributed by atoms with van der Waals surface area (Å²) in [4.78, 5) is 12.7. The molecule has 0 spiro atoms. The zero-order valence-corrected chi connectivity index (χ0v) is 15.6.